The van der Waals surface area contributed by atoms with Gasteiger partial charge in [-0.1, -0.05) is 25.5 Å². The van der Waals surface area contributed by atoms with Crippen LogP contribution >= 0.6 is 0 Å². The highest BCUT2D eigenvalue weighted by Crippen LogP contribution is 2.16. The van der Waals surface area contributed by atoms with Crippen molar-refractivity contribution in [1.29, 1.82) is 0 Å². The number of rotatable bonds is 9. The van der Waals surface area contributed by atoms with E-state index in [0.717, 1.165) is 12.8 Å². The van der Waals surface area contributed by atoms with Gasteiger partial charge >= 0.3 is 6.18 Å². The maximum absolute atomic E-state index is 12.3. The Bertz CT molecular complexity index is 803. The molecule has 156 valence electrons. The highest BCUT2D eigenvalue weighted by molar-refractivity contribution is 6.04. The van der Waals surface area contributed by atoms with Gasteiger partial charge in [-0.25, -0.2) is 0 Å². The molecule has 5 nitrogen and oxygen atoms in total. The summed E-state index contributed by atoms with van der Waals surface area (Å²) in [6.45, 7) is 1.34. The molecule has 0 saturated heterocycles. The molecule has 0 bridgehead atoms. The Morgan fingerprint density at radius 3 is 2.24 bits per heavy atom. The number of hydrogen-bond donors (Lipinski definition) is 2. The Morgan fingerprint density at radius 2 is 1.66 bits per heavy atom. The summed E-state index contributed by atoms with van der Waals surface area (Å²) >= 11 is 0. The van der Waals surface area contributed by atoms with Crippen LogP contribution in [0.15, 0.2) is 48.5 Å². The number of amides is 2. The molecule has 2 aromatic rings. The van der Waals surface area contributed by atoms with Crippen LogP contribution in [-0.2, 0) is 11.2 Å². The van der Waals surface area contributed by atoms with Gasteiger partial charge in [0.25, 0.3) is 5.91 Å². The third-order valence-corrected chi connectivity index (χ3v) is 3.95. The summed E-state index contributed by atoms with van der Waals surface area (Å²) in [6.07, 6.45) is -2.62. The van der Waals surface area contributed by atoms with Gasteiger partial charge in [0, 0.05) is 11.3 Å². The molecule has 2 amide bonds. The van der Waals surface area contributed by atoms with E-state index in [1.807, 2.05) is 5.32 Å². The smallest absolute Gasteiger partial charge is 0.405 e. The van der Waals surface area contributed by atoms with Crippen molar-refractivity contribution in [1.82, 2.24) is 5.32 Å². The first-order valence-electron chi connectivity index (χ1n) is 9.23. The summed E-state index contributed by atoms with van der Waals surface area (Å²) in [6, 6.07) is 13.1. The van der Waals surface area contributed by atoms with Crippen molar-refractivity contribution in [2.45, 2.75) is 32.4 Å². The molecule has 0 aromatic heterocycles. The van der Waals surface area contributed by atoms with Crippen molar-refractivity contribution < 1.29 is 27.5 Å². The normalized spacial score (nSPS) is 11.0. The van der Waals surface area contributed by atoms with E-state index in [1.165, 1.54) is 0 Å². The number of carbonyl (C=O) groups excluding carboxylic acids is 2. The van der Waals surface area contributed by atoms with Crippen LogP contribution in [-0.4, -0.2) is 31.1 Å². The molecule has 2 aromatic carbocycles. The van der Waals surface area contributed by atoms with Gasteiger partial charge in [0.1, 0.15) is 12.3 Å². The lowest BCUT2D eigenvalue weighted by molar-refractivity contribution is -0.138. The Kier molecular flexibility index (Phi) is 8.06. The van der Waals surface area contributed by atoms with Crippen LogP contribution < -0.4 is 15.4 Å². The zero-order valence-corrected chi connectivity index (χ0v) is 16.0. The van der Waals surface area contributed by atoms with Crippen molar-refractivity contribution in [2.24, 2.45) is 0 Å². The molecule has 0 heterocycles. The average Bonchev–Trinajstić information content (AvgIpc) is 2.68. The van der Waals surface area contributed by atoms with Crippen LogP contribution in [0.1, 0.15) is 35.7 Å². The van der Waals surface area contributed by atoms with Crippen molar-refractivity contribution in [3.05, 3.63) is 59.7 Å². The number of unbranched alkanes of at least 4 members (excludes halogenated alkanes) is 1. The third-order valence-electron chi connectivity index (χ3n) is 3.95. The van der Waals surface area contributed by atoms with E-state index in [2.05, 4.69) is 12.2 Å². The summed E-state index contributed by atoms with van der Waals surface area (Å²) in [5.74, 6) is -0.329. The van der Waals surface area contributed by atoms with Gasteiger partial charge in [0.2, 0.25) is 5.91 Å². The van der Waals surface area contributed by atoms with Gasteiger partial charge in [0.15, 0.2) is 0 Å². The minimum Gasteiger partial charge on any atom is -0.494 e. The van der Waals surface area contributed by atoms with Crippen LogP contribution in [0.5, 0.6) is 5.75 Å². The average molecular weight is 408 g/mol. The second kappa shape index (κ2) is 10.5. The van der Waals surface area contributed by atoms with Crippen molar-refractivity contribution in [3.8, 4) is 5.75 Å². The lowest BCUT2D eigenvalue weighted by Crippen LogP contribution is -2.34. The van der Waals surface area contributed by atoms with Crippen LogP contribution in [0.3, 0.4) is 0 Å². The largest absolute Gasteiger partial charge is 0.494 e. The van der Waals surface area contributed by atoms with Crippen molar-refractivity contribution in [2.75, 3.05) is 18.5 Å². The summed E-state index contributed by atoms with van der Waals surface area (Å²) in [7, 11) is 0. The highest BCUT2D eigenvalue weighted by Gasteiger charge is 2.27. The predicted octanol–water partition coefficient (Wildman–Crippen LogP) is 4.34. The molecule has 2 N–H and O–H groups in total. The number of benzene rings is 2. The number of hydrogen-bond acceptors (Lipinski definition) is 3. The van der Waals surface area contributed by atoms with Gasteiger partial charge in [0.05, 0.1) is 13.0 Å². The molecular weight excluding hydrogens is 385 g/mol. The van der Waals surface area contributed by atoms with Crippen LogP contribution in [0, 0.1) is 0 Å². The zero-order chi connectivity index (χ0) is 21.3. The number of ether oxygens (including phenoxy) is 1. The molecule has 0 aliphatic rings. The Hall–Kier alpha value is -3.03. The minimum absolute atomic E-state index is 0.177. The van der Waals surface area contributed by atoms with Gasteiger partial charge in [-0.05, 0) is 48.4 Å². The number of nitrogens with one attached hydrogen (secondary N) is 2. The lowest BCUT2D eigenvalue weighted by atomic mass is 10.1. The monoisotopic (exact) mass is 408 g/mol. The molecule has 0 aliphatic heterocycles. The highest BCUT2D eigenvalue weighted by atomic mass is 19.4. The number of alkyl halides is 3. The van der Waals surface area contributed by atoms with Gasteiger partial charge < -0.3 is 15.4 Å². The molecule has 0 aliphatic carbocycles. The summed E-state index contributed by atoms with van der Waals surface area (Å²) in [4.78, 5) is 23.8. The summed E-state index contributed by atoms with van der Waals surface area (Å²) in [5.41, 5.74) is 1.51. The SMILES string of the molecule is CCCCOc1ccc(C(=O)Nc2ccc(CC(=O)NCC(F)(F)F)cc2)cc1. The fourth-order valence-electron chi connectivity index (χ4n) is 2.39. The molecule has 0 saturated carbocycles. The number of halogens is 3. The predicted molar refractivity (Wildman–Crippen MR) is 104 cm³/mol. The molecule has 2 rings (SSSR count). The first kappa shape index (κ1) is 22.3. The second-order valence-electron chi connectivity index (χ2n) is 6.45. The fourth-order valence-corrected chi connectivity index (χ4v) is 2.39. The van der Waals surface area contributed by atoms with Gasteiger partial charge in [-0.15, -0.1) is 0 Å². The number of anilines is 1. The van der Waals surface area contributed by atoms with Gasteiger partial charge in [-0.3, -0.25) is 9.59 Å². The Balaban J connectivity index is 1.85. The van der Waals surface area contributed by atoms with Crippen molar-refractivity contribution >= 4 is 17.5 Å². The molecule has 29 heavy (non-hydrogen) atoms. The lowest BCUT2D eigenvalue weighted by Gasteiger charge is -2.09. The Morgan fingerprint density at radius 1 is 1.00 bits per heavy atom. The van der Waals surface area contributed by atoms with Crippen LogP contribution in [0.25, 0.3) is 0 Å². The standard InChI is InChI=1S/C21H23F3N2O3/c1-2-3-12-29-18-10-6-16(7-11-18)20(28)26-17-8-4-15(5-9-17)13-19(27)25-14-21(22,23)24/h4-11H,2-3,12-14H2,1H3,(H,25,27)(H,26,28). The maximum Gasteiger partial charge on any atom is 0.405 e. The maximum atomic E-state index is 12.3. The van der Waals surface area contributed by atoms with E-state index in [0.29, 0.717) is 29.2 Å². The molecule has 8 heteroatoms. The zero-order valence-electron chi connectivity index (χ0n) is 16.0. The summed E-state index contributed by atoms with van der Waals surface area (Å²) < 4.78 is 41.9. The first-order valence-corrected chi connectivity index (χ1v) is 9.23. The topological polar surface area (TPSA) is 67.4 Å². The third kappa shape index (κ3) is 8.25. The molecule has 0 spiro atoms. The van der Waals surface area contributed by atoms with E-state index in [9.17, 15) is 22.8 Å². The van der Waals surface area contributed by atoms with Gasteiger partial charge in [-0.2, -0.15) is 13.2 Å². The van der Waals surface area contributed by atoms with Crippen molar-refractivity contribution in [3.63, 3.8) is 0 Å². The van der Waals surface area contributed by atoms with E-state index in [4.69, 9.17) is 4.74 Å². The van der Waals surface area contributed by atoms with E-state index in [1.54, 1.807) is 48.5 Å². The quantitative estimate of drug-likeness (QED) is 0.607. The first-order chi connectivity index (χ1) is 13.8. The van der Waals surface area contributed by atoms with Crippen LogP contribution in [0.4, 0.5) is 18.9 Å². The molecular formula is C21H23F3N2O3. The molecule has 0 fully saturated rings. The summed E-state index contributed by atoms with van der Waals surface area (Å²) in [5, 5.41) is 4.54. The van der Waals surface area contributed by atoms with E-state index < -0.39 is 18.6 Å². The molecule has 0 unspecified atom stereocenters. The number of carbonyl (C=O) groups is 2. The van der Waals surface area contributed by atoms with E-state index in [-0.39, 0.29) is 12.3 Å². The van der Waals surface area contributed by atoms with E-state index >= 15 is 0 Å². The second-order valence-corrected chi connectivity index (χ2v) is 6.45. The molecule has 0 radical (unpaired) electrons. The molecule has 0 atom stereocenters. The minimum atomic E-state index is -4.44. The fraction of sp³-hybridized carbons (Fsp3) is 0.333. The Labute approximate surface area is 167 Å². The van der Waals surface area contributed by atoms with Crippen LogP contribution in [0.2, 0.25) is 0 Å².